The highest BCUT2D eigenvalue weighted by atomic mass is 35.5. The molecule has 0 heterocycles. The van der Waals surface area contributed by atoms with E-state index in [-0.39, 0.29) is 46.4 Å². The summed E-state index contributed by atoms with van der Waals surface area (Å²) in [5.41, 5.74) is 1.28. The Bertz CT molecular complexity index is 1300. The zero-order valence-electron chi connectivity index (χ0n) is 18.9. The summed E-state index contributed by atoms with van der Waals surface area (Å²) in [6, 6.07) is 16.6. The van der Waals surface area contributed by atoms with Crippen LogP contribution in [0.2, 0.25) is 15.1 Å². The number of benzene rings is 3. The maximum absolute atomic E-state index is 12.5. The van der Waals surface area contributed by atoms with Gasteiger partial charge in [0.25, 0.3) is 5.91 Å². The minimum absolute atomic E-state index is 0.00877. The molecular weight excluding hydrogens is 535 g/mol. The minimum atomic E-state index is -3.69. The van der Waals surface area contributed by atoms with Crippen molar-refractivity contribution in [3.8, 4) is 11.5 Å². The molecule has 3 aromatic carbocycles. The van der Waals surface area contributed by atoms with Crippen molar-refractivity contribution in [3.05, 3.63) is 86.9 Å². The molecule has 0 bridgehead atoms. The molecule has 0 spiro atoms. The molecule has 0 atom stereocenters. The Hall–Kier alpha value is -2.65. The summed E-state index contributed by atoms with van der Waals surface area (Å²) in [7, 11) is -2.14. The van der Waals surface area contributed by atoms with E-state index in [0.29, 0.717) is 22.6 Å². The SMILES string of the molecule is COc1ccccc1OCCNC(=O)c1ccc(CN(c2cc(Cl)c(Cl)cc2Cl)S(C)(=O)=O)cc1. The number of carbonyl (C=O) groups is 1. The zero-order chi connectivity index (χ0) is 25.6. The van der Waals surface area contributed by atoms with Gasteiger partial charge in [-0.2, -0.15) is 0 Å². The van der Waals surface area contributed by atoms with Gasteiger partial charge in [0.2, 0.25) is 10.0 Å². The van der Waals surface area contributed by atoms with Crippen LogP contribution < -0.4 is 19.1 Å². The van der Waals surface area contributed by atoms with Gasteiger partial charge in [-0.15, -0.1) is 0 Å². The molecule has 11 heteroatoms. The van der Waals surface area contributed by atoms with Gasteiger partial charge in [-0.05, 0) is 42.0 Å². The van der Waals surface area contributed by atoms with Crippen LogP contribution in [0.5, 0.6) is 11.5 Å². The van der Waals surface area contributed by atoms with E-state index in [1.54, 1.807) is 43.5 Å². The van der Waals surface area contributed by atoms with Gasteiger partial charge in [0.1, 0.15) is 6.61 Å². The first-order valence-corrected chi connectivity index (χ1v) is 13.3. The third-order valence-corrected chi connectivity index (χ3v) is 7.07. The van der Waals surface area contributed by atoms with Gasteiger partial charge in [0.05, 0.1) is 47.2 Å². The van der Waals surface area contributed by atoms with Crippen molar-refractivity contribution in [1.82, 2.24) is 5.32 Å². The number of amides is 1. The number of anilines is 1. The Morgan fingerprint density at radius 2 is 1.57 bits per heavy atom. The van der Waals surface area contributed by atoms with Crippen LogP contribution in [0.25, 0.3) is 0 Å². The summed E-state index contributed by atoms with van der Waals surface area (Å²) < 4.78 is 36.9. The molecule has 0 aliphatic rings. The lowest BCUT2D eigenvalue weighted by Crippen LogP contribution is -2.30. The van der Waals surface area contributed by atoms with E-state index < -0.39 is 10.0 Å². The summed E-state index contributed by atoms with van der Waals surface area (Å²) in [4.78, 5) is 12.5. The highest BCUT2D eigenvalue weighted by Crippen LogP contribution is 2.36. The van der Waals surface area contributed by atoms with Crippen molar-refractivity contribution >= 4 is 56.4 Å². The molecule has 0 saturated carbocycles. The maximum Gasteiger partial charge on any atom is 0.251 e. The van der Waals surface area contributed by atoms with Gasteiger partial charge in [0.15, 0.2) is 11.5 Å². The molecule has 35 heavy (non-hydrogen) atoms. The van der Waals surface area contributed by atoms with Crippen molar-refractivity contribution in [2.24, 2.45) is 0 Å². The molecule has 0 aromatic heterocycles. The number of carbonyl (C=O) groups excluding carboxylic acids is 1. The number of nitrogens with zero attached hydrogens (tertiary/aromatic N) is 1. The number of ether oxygens (including phenoxy) is 2. The summed E-state index contributed by atoms with van der Waals surface area (Å²) in [5.74, 6) is 0.915. The van der Waals surface area contributed by atoms with E-state index in [2.05, 4.69) is 5.32 Å². The summed E-state index contributed by atoms with van der Waals surface area (Å²) in [6.45, 7) is 0.541. The summed E-state index contributed by atoms with van der Waals surface area (Å²) in [6.07, 6.45) is 1.07. The molecule has 3 rings (SSSR count). The second-order valence-electron chi connectivity index (χ2n) is 7.44. The van der Waals surface area contributed by atoms with Gasteiger partial charge in [-0.1, -0.05) is 59.1 Å². The number of sulfonamides is 1. The van der Waals surface area contributed by atoms with E-state index in [4.69, 9.17) is 44.3 Å². The van der Waals surface area contributed by atoms with Crippen LogP contribution in [-0.2, 0) is 16.6 Å². The number of halogens is 3. The molecule has 0 unspecified atom stereocenters. The van der Waals surface area contributed by atoms with Crippen LogP contribution in [0, 0.1) is 0 Å². The quantitative estimate of drug-likeness (QED) is 0.265. The average molecular weight is 558 g/mol. The highest BCUT2D eigenvalue weighted by molar-refractivity contribution is 7.92. The van der Waals surface area contributed by atoms with Crippen LogP contribution in [0.15, 0.2) is 60.7 Å². The van der Waals surface area contributed by atoms with Crippen LogP contribution >= 0.6 is 34.8 Å². The van der Waals surface area contributed by atoms with Gasteiger partial charge in [-0.3, -0.25) is 9.10 Å². The van der Waals surface area contributed by atoms with Gasteiger partial charge in [-0.25, -0.2) is 8.42 Å². The average Bonchev–Trinajstić information content (AvgIpc) is 2.82. The smallest absolute Gasteiger partial charge is 0.251 e. The monoisotopic (exact) mass is 556 g/mol. The van der Waals surface area contributed by atoms with Gasteiger partial charge >= 0.3 is 0 Å². The number of nitrogens with one attached hydrogen (secondary N) is 1. The normalized spacial score (nSPS) is 11.1. The summed E-state index contributed by atoms with van der Waals surface area (Å²) in [5, 5.41) is 3.33. The van der Waals surface area contributed by atoms with Crippen molar-refractivity contribution in [1.29, 1.82) is 0 Å². The number of methoxy groups -OCH3 is 1. The first-order valence-electron chi connectivity index (χ1n) is 10.4. The number of hydrogen-bond donors (Lipinski definition) is 1. The molecular formula is C24H23Cl3N2O5S. The fraction of sp³-hybridized carbons (Fsp3) is 0.208. The fourth-order valence-corrected chi connectivity index (χ4v) is 4.76. The minimum Gasteiger partial charge on any atom is -0.493 e. The van der Waals surface area contributed by atoms with E-state index in [0.717, 1.165) is 10.6 Å². The Morgan fingerprint density at radius 1 is 0.943 bits per heavy atom. The molecule has 0 saturated heterocycles. The maximum atomic E-state index is 12.5. The van der Waals surface area contributed by atoms with Crippen molar-refractivity contribution < 1.29 is 22.7 Å². The zero-order valence-corrected chi connectivity index (χ0v) is 22.0. The third kappa shape index (κ3) is 7.18. The van der Waals surface area contributed by atoms with Crippen LogP contribution in [0.3, 0.4) is 0 Å². The van der Waals surface area contributed by atoms with E-state index in [1.165, 1.54) is 12.1 Å². The Morgan fingerprint density at radius 3 is 2.20 bits per heavy atom. The van der Waals surface area contributed by atoms with E-state index in [1.807, 2.05) is 12.1 Å². The Kier molecular flexibility index (Phi) is 9.13. The molecule has 0 aliphatic heterocycles. The van der Waals surface area contributed by atoms with E-state index >= 15 is 0 Å². The molecule has 7 nitrogen and oxygen atoms in total. The molecule has 0 fully saturated rings. The van der Waals surface area contributed by atoms with Crippen molar-refractivity contribution in [2.45, 2.75) is 6.54 Å². The lowest BCUT2D eigenvalue weighted by atomic mass is 10.1. The Labute approximate surface area is 219 Å². The number of para-hydroxylation sites is 2. The van der Waals surface area contributed by atoms with Crippen LogP contribution in [-0.4, -0.2) is 40.8 Å². The fourth-order valence-electron chi connectivity index (χ4n) is 3.18. The lowest BCUT2D eigenvalue weighted by molar-refractivity contribution is 0.0947. The number of rotatable bonds is 10. The molecule has 3 aromatic rings. The molecule has 1 amide bonds. The van der Waals surface area contributed by atoms with Crippen LogP contribution in [0.4, 0.5) is 5.69 Å². The second-order valence-corrected chi connectivity index (χ2v) is 10.6. The third-order valence-electron chi connectivity index (χ3n) is 4.92. The van der Waals surface area contributed by atoms with Gasteiger partial charge < -0.3 is 14.8 Å². The molecule has 1 N–H and O–H groups in total. The number of hydrogen-bond acceptors (Lipinski definition) is 5. The summed E-state index contributed by atoms with van der Waals surface area (Å²) >= 11 is 18.3. The molecule has 0 radical (unpaired) electrons. The standard InChI is InChI=1S/C24H23Cl3N2O5S/c1-33-22-5-3-4-6-23(22)34-12-11-28-24(30)17-9-7-16(8-10-17)15-29(35(2,31)32)21-14-19(26)18(25)13-20(21)27/h3-10,13-14H,11-12,15H2,1-2H3,(H,28,30). The first kappa shape index (κ1) is 26.9. The van der Waals surface area contributed by atoms with Crippen molar-refractivity contribution in [2.75, 3.05) is 30.8 Å². The first-order chi connectivity index (χ1) is 16.6. The van der Waals surface area contributed by atoms with Gasteiger partial charge in [0, 0.05) is 5.56 Å². The van der Waals surface area contributed by atoms with E-state index in [9.17, 15) is 13.2 Å². The van der Waals surface area contributed by atoms with Crippen molar-refractivity contribution in [3.63, 3.8) is 0 Å². The second kappa shape index (κ2) is 11.9. The lowest BCUT2D eigenvalue weighted by Gasteiger charge is -2.24. The molecule has 186 valence electrons. The predicted octanol–water partition coefficient (Wildman–Crippen LogP) is 5.43. The Balaban J connectivity index is 1.63. The highest BCUT2D eigenvalue weighted by Gasteiger charge is 2.22. The largest absolute Gasteiger partial charge is 0.493 e. The molecule has 0 aliphatic carbocycles. The van der Waals surface area contributed by atoms with Crippen LogP contribution in [0.1, 0.15) is 15.9 Å². The topological polar surface area (TPSA) is 84.9 Å². The predicted molar refractivity (Wildman–Crippen MR) is 140 cm³/mol.